The number of imidazole rings is 1. The number of fused-ring (bicyclic) bond motifs is 1. The van der Waals surface area contributed by atoms with E-state index in [0.29, 0.717) is 17.5 Å². The Morgan fingerprint density at radius 3 is 2.41 bits per heavy atom. The third-order valence-corrected chi connectivity index (χ3v) is 6.42. The maximum Gasteiger partial charge on any atom is 0.328 e. The molecule has 0 aliphatic carbocycles. The molecule has 4 rings (SSSR count). The van der Waals surface area contributed by atoms with Crippen molar-refractivity contribution in [2.75, 3.05) is 6.54 Å². The molecular weight excluding hydrogens is 390 g/mol. The van der Waals surface area contributed by atoms with E-state index in [2.05, 4.69) is 9.82 Å². The standard InChI is InChI=1S/C20H21N5O3S/c1-23-18-9-8-17(14-19(18)24(2)20(23)26)29(27,28)22-12-10-15-4-6-16(7-5-15)25-13-3-11-21-25/h3-9,11,13-14,22H,10,12H2,1-2H3. The largest absolute Gasteiger partial charge is 0.328 e. The third kappa shape index (κ3) is 3.62. The molecule has 0 atom stereocenters. The van der Waals surface area contributed by atoms with Gasteiger partial charge in [0, 0.05) is 33.0 Å². The van der Waals surface area contributed by atoms with E-state index >= 15 is 0 Å². The molecular formula is C20H21N5O3S. The van der Waals surface area contributed by atoms with Gasteiger partial charge in [0.05, 0.1) is 21.6 Å². The van der Waals surface area contributed by atoms with Gasteiger partial charge in [-0.15, -0.1) is 0 Å². The molecule has 0 saturated heterocycles. The van der Waals surface area contributed by atoms with E-state index in [4.69, 9.17) is 0 Å². The lowest BCUT2D eigenvalue weighted by atomic mass is 10.1. The van der Waals surface area contributed by atoms with Crippen LogP contribution in [0.4, 0.5) is 0 Å². The fraction of sp³-hybridized carbons (Fsp3) is 0.200. The molecule has 0 aliphatic rings. The monoisotopic (exact) mass is 411 g/mol. The van der Waals surface area contributed by atoms with Crippen molar-refractivity contribution in [3.8, 4) is 5.69 Å². The smallest absolute Gasteiger partial charge is 0.295 e. The highest BCUT2D eigenvalue weighted by molar-refractivity contribution is 7.89. The molecule has 0 radical (unpaired) electrons. The van der Waals surface area contributed by atoms with Gasteiger partial charge in [-0.1, -0.05) is 12.1 Å². The molecule has 0 saturated carbocycles. The molecule has 9 heteroatoms. The molecule has 0 fully saturated rings. The van der Waals surface area contributed by atoms with Crippen LogP contribution in [0.2, 0.25) is 0 Å². The third-order valence-electron chi connectivity index (χ3n) is 4.96. The van der Waals surface area contributed by atoms with Crippen LogP contribution in [0, 0.1) is 0 Å². The first-order valence-corrected chi connectivity index (χ1v) is 10.6. The predicted molar refractivity (Wildman–Crippen MR) is 111 cm³/mol. The lowest BCUT2D eigenvalue weighted by Crippen LogP contribution is -2.26. The minimum atomic E-state index is -3.67. The summed E-state index contributed by atoms with van der Waals surface area (Å²) in [5, 5.41) is 4.18. The van der Waals surface area contributed by atoms with Crippen LogP contribution in [0.15, 0.2) is 70.6 Å². The highest BCUT2D eigenvalue weighted by Crippen LogP contribution is 2.18. The van der Waals surface area contributed by atoms with Crippen molar-refractivity contribution in [1.82, 2.24) is 23.6 Å². The summed E-state index contributed by atoms with van der Waals surface area (Å²) in [5.74, 6) is 0. The highest BCUT2D eigenvalue weighted by Gasteiger charge is 2.16. The fourth-order valence-electron chi connectivity index (χ4n) is 3.30. The number of rotatable bonds is 6. The maximum absolute atomic E-state index is 12.7. The summed E-state index contributed by atoms with van der Waals surface area (Å²) in [7, 11) is -0.387. The molecule has 1 N–H and O–H groups in total. The van der Waals surface area contributed by atoms with E-state index < -0.39 is 10.0 Å². The molecule has 2 heterocycles. The van der Waals surface area contributed by atoms with Crippen LogP contribution in [0.5, 0.6) is 0 Å². The van der Waals surface area contributed by atoms with Crippen LogP contribution in [0.1, 0.15) is 5.56 Å². The van der Waals surface area contributed by atoms with E-state index in [0.717, 1.165) is 11.3 Å². The number of aryl methyl sites for hydroxylation is 2. The lowest BCUT2D eigenvalue weighted by molar-refractivity contribution is 0.581. The summed E-state index contributed by atoms with van der Waals surface area (Å²) >= 11 is 0. The average molecular weight is 411 g/mol. The van der Waals surface area contributed by atoms with Crippen LogP contribution in [0.3, 0.4) is 0 Å². The second-order valence-electron chi connectivity index (χ2n) is 6.82. The lowest BCUT2D eigenvalue weighted by Gasteiger charge is -2.08. The van der Waals surface area contributed by atoms with Crippen LogP contribution in [-0.2, 0) is 30.5 Å². The molecule has 8 nitrogen and oxygen atoms in total. The first kappa shape index (κ1) is 19.2. The number of hydrogen-bond donors (Lipinski definition) is 1. The number of benzene rings is 2. The van der Waals surface area contributed by atoms with Crippen molar-refractivity contribution >= 4 is 21.1 Å². The van der Waals surface area contributed by atoms with Gasteiger partial charge in [0.25, 0.3) is 0 Å². The molecule has 29 heavy (non-hydrogen) atoms. The Balaban J connectivity index is 1.46. The first-order chi connectivity index (χ1) is 13.9. The Morgan fingerprint density at radius 1 is 1.00 bits per heavy atom. The van der Waals surface area contributed by atoms with Crippen LogP contribution >= 0.6 is 0 Å². The molecule has 0 unspecified atom stereocenters. The van der Waals surface area contributed by atoms with Crippen molar-refractivity contribution in [2.45, 2.75) is 11.3 Å². The van der Waals surface area contributed by atoms with Gasteiger partial charge in [-0.05, 0) is 48.4 Å². The number of sulfonamides is 1. The number of nitrogens with zero attached hydrogens (tertiary/aromatic N) is 4. The normalized spacial score (nSPS) is 11.9. The van der Waals surface area contributed by atoms with Crippen LogP contribution in [-0.4, -0.2) is 33.9 Å². The van der Waals surface area contributed by atoms with E-state index in [1.54, 1.807) is 31.0 Å². The number of nitrogens with one attached hydrogen (secondary N) is 1. The SMILES string of the molecule is Cn1c(=O)n(C)c2cc(S(=O)(=O)NCCc3ccc(-n4cccn4)cc3)ccc21. The maximum atomic E-state index is 12.7. The number of hydrogen-bond acceptors (Lipinski definition) is 4. The van der Waals surface area contributed by atoms with E-state index in [-0.39, 0.29) is 17.1 Å². The Bertz CT molecular complexity index is 1320. The second-order valence-corrected chi connectivity index (χ2v) is 8.58. The van der Waals surface area contributed by atoms with Crippen LogP contribution < -0.4 is 10.4 Å². The van der Waals surface area contributed by atoms with Crippen molar-refractivity contribution in [3.05, 3.63) is 77.0 Å². The van der Waals surface area contributed by atoms with Crippen molar-refractivity contribution in [3.63, 3.8) is 0 Å². The molecule has 0 spiro atoms. The van der Waals surface area contributed by atoms with E-state index in [1.807, 2.05) is 36.5 Å². The van der Waals surface area contributed by atoms with E-state index in [9.17, 15) is 13.2 Å². The summed E-state index contributed by atoms with van der Waals surface area (Å²) in [4.78, 5) is 12.2. The fourth-order valence-corrected chi connectivity index (χ4v) is 4.36. The quantitative estimate of drug-likeness (QED) is 0.522. The Morgan fingerprint density at radius 2 is 1.72 bits per heavy atom. The van der Waals surface area contributed by atoms with Gasteiger partial charge in [0.1, 0.15) is 0 Å². The van der Waals surface area contributed by atoms with Crippen molar-refractivity contribution in [1.29, 1.82) is 0 Å². The minimum Gasteiger partial charge on any atom is -0.295 e. The molecule has 2 aromatic carbocycles. The van der Waals surface area contributed by atoms with Gasteiger partial charge in [-0.2, -0.15) is 5.10 Å². The van der Waals surface area contributed by atoms with Crippen LogP contribution in [0.25, 0.3) is 16.7 Å². The van der Waals surface area contributed by atoms with Gasteiger partial charge in [0.15, 0.2) is 0 Å². The molecule has 2 aromatic heterocycles. The summed E-state index contributed by atoms with van der Waals surface area (Å²) in [6, 6.07) is 14.4. The molecule has 0 amide bonds. The van der Waals surface area contributed by atoms with E-state index in [1.165, 1.54) is 21.3 Å². The van der Waals surface area contributed by atoms with Gasteiger partial charge in [-0.25, -0.2) is 22.6 Å². The van der Waals surface area contributed by atoms with Crippen molar-refractivity contribution < 1.29 is 8.42 Å². The van der Waals surface area contributed by atoms with Gasteiger partial charge < -0.3 is 0 Å². The van der Waals surface area contributed by atoms with Gasteiger partial charge >= 0.3 is 5.69 Å². The second kappa shape index (κ2) is 7.34. The number of aromatic nitrogens is 4. The molecule has 150 valence electrons. The molecule has 4 aromatic rings. The summed E-state index contributed by atoms with van der Waals surface area (Å²) < 4.78 is 32.7. The average Bonchev–Trinajstić information content (AvgIpc) is 3.33. The topological polar surface area (TPSA) is 90.9 Å². The Labute approximate surface area is 168 Å². The zero-order chi connectivity index (χ0) is 20.6. The summed E-state index contributed by atoms with van der Waals surface area (Å²) in [6.45, 7) is 0.273. The predicted octanol–water partition coefficient (Wildman–Crippen LogP) is 1.58. The minimum absolute atomic E-state index is 0.139. The Hall–Kier alpha value is -3.17. The zero-order valence-corrected chi connectivity index (χ0v) is 16.9. The van der Waals surface area contributed by atoms with Gasteiger partial charge in [-0.3, -0.25) is 9.13 Å². The zero-order valence-electron chi connectivity index (χ0n) is 16.1. The first-order valence-electron chi connectivity index (χ1n) is 9.11. The Kier molecular flexibility index (Phi) is 4.85. The highest BCUT2D eigenvalue weighted by atomic mass is 32.2. The molecule has 0 bridgehead atoms. The summed E-state index contributed by atoms with van der Waals surface area (Å²) in [6.07, 6.45) is 4.14. The van der Waals surface area contributed by atoms with Crippen molar-refractivity contribution in [2.24, 2.45) is 14.1 Å². The molecule has 0 aliphatic heterocycles. The summed E-state index contributed by atoms with van der Waals surface area (Å²) in [5.41, 5.74) is 3.04. The van der Waals surface area contributed by atoms with Gasteiger partial charge in [0.2, 0.25) is 10.0 Å².